The molecule has 0 aliphatic heterocycles. The summed E-state index contributed by atoms with van der Waals surface area (Å²) in [6, 6.07) is 3.46. The van der Waals surface area contributed by atoms with Crippen LogP contribution < -0.4 is 15.6 Å². The number of sulfonamides is 2. The summed E-state index contributed by atoms with van der Waals surface area (Å²) in [4.78, 5) is -0.113. The lowest BCUT2D eigenvalue weighted by molar-refractivity contribution is 0.477. The molecule has 0 saturated carbocycles. The molecule has 6 N–H and O–H groups in total. The topological polar surface area (TPSA) is 153 Å². The van der Waals surface area contributed by atoms with Crippen LogP contribution in [0.3, 0.4) is 0 Å². The Morgan fingerprint density at radius 1 is 1.21 bits per heavy atom. The quantitative estimate of drug-likeness (QED) is 0.298. The Bertz CT molecular complexity index is 654. The zero-order valence-corrected chi connectivity index (χ0v) is 11.5. The van der Waals surface area contributed by atoms with Crippen LogP contribution in [0.25, 0.3) is 0 Å². The van der Waals surface area contributed by atoms with Crippen LogP contribution in [0, 0.1) is 0 Å². The van der Waals surface area contributed by atoms with Crippen molar-refractivity contribution in [1.29, 1.82) is 0 Å². The molecular formula is C9H15N3O5S2. The van der Waals surface area contributed by atoms with Gasteiger partial charge in [0.05, 0.1) is 16.3 Å². The first-order valence-corrected chi connectivity index (χ1v) is 8.40. The van der Waals surface area contributed by atoms with Gasteiger partial charge in [-0.15, -0.1) is 0 Å². The van der Waals surface area contributed by atoms with E-state index in [-0.39, 0.29) is 35.1 Å². The number of hydrogen-bond donors (Lipinski definition) is 4. The van der Waals surface area contributed by atoms with Crippen molar-refractivity contribution in [3.05, 3.63) is 18.2 Å². The number of benzene rings is 1. The van der Waals surface area contributed by atoms with Gasteiger partial charge in [0.15, 0.2) is 0 Å². The molecule has 10 heteroatoms. The van der Waals surface area contributed by atoms with E-state index in [9.17, 15) is 21.9 Å². The third-order valence-corrected chi connectivity index (χ3v) is 4.52. The van der Waals surface area contributed by atoms with Crippen LogP contribution in [0.4, 0.5) is 5.69 Å². The minimum Gasteiger partial charge on any atom is -0.506 e. The highest BCUT2D eigenvalue weighted by atomic mass is 32.2. The predicted molar refractivity (Wildman–Crippen MR) is 70.3 cm³/mol. The minimum atomic E-state index is -3.79. The molecule has 19 heavy (non-hydrogen) atoms. The number of nitrogens with two attached hydrogens (primary N) is 2. The maximum atomic E-state index is 11.8. The van der Waals surface area contributed by atoms with E-state index in [1.54, 1.807) is 0 Å². The Morgan fingerprint density at radius 2 is 1.84 bits per heavy atom. The molecule has 0 saturated heterocycles. The SMILES string of the molecule is Nc1cc(S(=O)(=O)NCCCS(N)(=O)=O)ccc1O. The molecule has 8 nitrogen and oxygen atoms in total. The number of aromatic hydroxyl groups is 1. The summed E-state index contributed by atoms with van der Waals surface area (Å²) in [5, 5.41) is 14.0. The van der Waals surface area contributed by atoms with Gasteiger partial charge in [-0.25, -0.2) is 26.7 Å². The van der Waals surface area contributed by atoms with E-state index in [1.165, 1.54) is 6.07 Å². The Morgan fingerprint density at radius 3 is 2.37 bits per heavy atom. The van der Waals surface area contributed by atoms with Crippen molar-refractivity contribution < 1.29 is 21.9 Å². The van der Waals surface area contributed by atoms with Crippen molar-refractivity contribution in [1.82, 2.24) is 4.72 Å². The molecule has 1 aromatic rings. The molecule has 0 spiro atoms. The second-order valence-electron chi connectivity index (χ2n) is 3.84. The smallest absolute Gasteiger partial charge is 0.240 e. The van der Waals surface area contributed by atoms with Crippen LogP contribution in [-0.2, 0) is 20.0 Å². The fourth-order valence-electron chi connectivity index (χ4n) is 1.26. The molecule has 0 aromatic heterocycles. The first kappa shape index (κ1) is 15.7. The molecule has 0 fully saturated rings. The van der Waals surface area contributed by atoms with Crippen LogP contribution in [0.5, 0.6) is 5.75 Å². The second-order valence-corrected chi connectivity index (χ2v) is 7.34. The molecule has 0 bridgehead atoms. The predicted octanol–water partition coefficient (Wildman–Crippen LogP) is -1.07. The standard InChI is InChI=1S/C9H15N3O5S2/c10-8-6-7(2-3-9(8)13)19(16,17)12-4-1-5-18(11,14)15/h2-3,6,12-13H,1,4-5,10H2,(H2,11,14,15). The summed E-state index contributed by atoms with van der Waals surface area (Å²) < 4.78 is 47.1. The second kappa shape index (κ2) is 5.74. The van der Waals surface area contributed by atoms with Crippen molar-refractivity contribution in [2.45, 2.75) is 11.3 Å². The average molecular weight is 309 g/mol. The number of nitrogens with one attached hydrogen (secondary N) is 1. The van der Waals surface area contributed by atoms with Crippen LogP contribution in [0.15, 0.2) is 23.1 Å². The lowest BCUT2D eigenvalue weighted by atomic mass is 10.3. The lowest BCUT2D eigenvalue weighted by Gasteiger charge is -2.07. The largest absolute Gasteiger partial charge is 0.506 e. The highest BCUT2D eigenvalue weighted by Crippen LogP contribution is 2.22. The Kier molecular flexibility index (Phi) is 4.74. The van der Waals surface area contributed by atoms with Gasteiger partial charge >= 0.3 is 0 Å². The number of hydrogen-bond acceptors (Lipinski definition) is 6. The van der Waals surface area contributed by atoms with Gasteiger partial charge in [0, 0.05) is 6.54 Å². The van der Waals surface area contributed by atoms with Gasteiger partial charge in [-0.1, -0.05) is 0 Å². The van der Waals surface area contributed by atoms with Crippen LogP contribution in [0.2, 0.25) is 0 Å². The van der Waals surface area contributed by atoms with Gasteiger partial charge in [0.1, 0.15) is 5.75 Å². The summed E-state index contributed by atoms with van der Waals surface area (Å²) in [5.41, 5.74) is 5.33. The highest BCUT2D eigenvalue weighted by molar-refractivity contribution is 7.89. The molecule has 0 amide bonds. The first-order chi connectivity index (χ1) is 8.62. The fourth-order valence-corrected chi connectivity index (χ4v) is 2.92. The number of rotatable bonds is 6. The fraction of sp³-hybridized carbons (Fsp3) is 0.333. The molecule has 0 aliphatic rings. The monoisotopic (exact) mass is 309 g/mol. The van der Waals surface area contributed by atoms with Crippen molar-refractivity contribution in [2.24, 2.45) is 5.14 Å². The summed E-state index contributed by atoms with van der Waals surface area (Å²) in [7, 11) is -7.40. The summed E-state index contributed by atoms with van der Waals surface area (Å²) in [5.74, 6) is -0.527. The molecule has 1 rings (SSSR count). The van der Waals surface area contributed by atoms with Crippen LogP contribution in [-0.4, -0.2) is 34.2 Å². The van der Waals surface area contributed by atoms with Crippen LogP contribution in [0.1, 0.15) is 6.42 Å². The third kappa shape index (κ3) is 5.03. The average Bonchev–Trinajstić information content (AvgIpc) is 2.27. The van der Waals surface area contributed by atoms with Gasteiger partial charge in [-0.05, 0) is 24.6 Å². The molecule has 0 heterocycles. The van der Waals surface area contributed by atoms with Crippen LogP contribution >= 0.6 is 0 Å². The molecule has 0 atom stereocenters. The molecular weight excluding hydrogens is 294 g/mol. The Hall–Kier alpha value is -1.36. The first-order valence-electron chi connectivity index (χ1n) is 5.20. The maximum absolute atomic E-state index is 11.8. The van der Waals surface area contributed by atoms with Crippen molar-refractivity contribution in [2.75, 3.05) is 18.0 Å². The number of anilines is 1. The zero-order chi connectivity index (χ0) is 14.7. The maximum Gasteiger partial charge on any atom is 0.240 e. The zero-order valence-electron chi connectivity index (χ0n) is 9.90. The molecule has 1 aromatic carbocycles. The molecule has 108 valence electrons. The lowest BCUT2D eigenvalue weighted by Crippen LogP contribution is -2.27. The Labute approximate surface area is 111 Å². The third-order valence-electron chi connectivity index (χ3n) is 2.21. The van der Waals surface area contributed by atoms with E-state index in [0.29, 0.717) is 0 Å². The summed E-state index contributed by atoms with van der Waals surface area (Å²) >= 11 is 0. The van der Waals surface area contributed by atoms with E-state index in [1.807, 2.05) is 0 Å². The Balaban J connectivity index is 2.68. The van der Waals surface area contributed by atoms with Gasteiger partial charge in [-0.3, -0.25) is 0 Å². The molecule has 0 unspecified atom stereocenters. The van der Waals surface area contributed by atoms with Gasteiger partial charge in [0.2, 0.25) is 20.0 Å². The number of phenols is 1. The summed E-state index contributed by atoms with van der Waals surface area (Å²) in [6.45, 7) is -0.0699. The minimum absolute atomic E-state index is 0.0611. The van der Waals surface area contributed by atoms with E-state index in [2.05, 4.69) is 4.72 Å². The van der Waals surface area contributed by atoms with Gasteiger partial charge in [-0.2, -0.15) is 0 Å². The van der Waals surface area contributed by atoms with Gasteiger partial charge in [0.25, 0.3) is 0 Å². The molecule has 0 radical (unpaired) electrons. The van der Waals surface area contributed by atoms with E-state index in [4.69, 9.17) is 10.9 Å². The number of primary sulfonamides is 1. The molecule has 0 aliphatic carbocycles. The van der Waals surface area contributed by atoms with E-state index >= 15 is 0 Å². The van der Waals surface area contributed by atoms with Crippen molar-refractivity contribution >= 4 is 25.7 Å². The number of nitrogen functional groups attached to an aromatic ring is 1. The number of phenolic OH excluding ortho intramolecular Hbond substituents is 1. The summed E-state index contributed by atoms with van der Waals surface area (Å²) in [6.07, 6.45) is 0.0611. The normalized spacial score (nSPS) is 12.5. The van der Waals surface area contributed by atoms with Gasteiger partial charge < -0.3 is 10.8 Å². The highest BCUT2D eigenvalue weighted by Gasteiger charge is 2.15. The van der Waals surface area contributed by atoms with E-state index < -0.39 is 20.0 Å². The van der Waals surface area contributed by atoms with E-state index in [0.717, 1.165) is 12.1 Å². The van der Waals surface area contributed by atoms with Crippen molar-refractivity contribution in [3.8, 4) is 5.75 Å². The van der Waals surface area contributed by atoms with Crippen molar-refractivity contribution in [3.63, 3.8) is 0 Å².